The van der Waals surface area contributed by atoms with Gasteiger partial charge >= 0.3 is 0 Å². The van der Waals surface area contributed by atoms with E-state index in [9.17, 15) is 9.18 Å². The quantitative estimate of drug-likeness (QED) is 0.481. The summed E-state index contributed by atoms with van der Waals surface area (Å²) in [6.07, 6.45) is 2.08. The molecule has 3 aromatic rings. The molecule has 30 heavy (non-hydrogen) atoms. The standard InChI is InChI=1S/C21H18FN5O2S/c1-2-3-10-30-20-24-18-17(26-27-20)13-6-4-5-7-15(13)25-21(29-18)14-11-12(22)8-9-16(14)23-19(21)28/h4-9,11,25H,2-3,10H2,1H3,(H,23,28)/t21-/m1/s1. The average molecular weight is 423 g/mol. The number of ether oxygens (including phenoxy) is 1. The van der Waals surface area contributed by atoms with Crippen LogP contribution in [-0.2, 0) is 10.5 Å². The number of carbonyl (C=O) groups is 1. The fourth-order valence-electron chi connectivity index (χ4n) is 3.54. The number of rotatable bonds is 4. The second kappa shape index (κ2) is 7.24. The molecule has 2 aliphatic heterocycles. The first-order valence-electron chi connectivity index (χ1n) is 9.66. The number of nitrogens with one attached hydrogen (secondary N) is 2. The number of hydrogen-bond acceptors (Lipinski definition) is 7. The van der Waals surface area contributed by atoms with Crippen molar-refractivity contribution in [2.45, 2.75) is 30.6 Å². The number of anilines is 2. The Hall–Kier alpha value is -3.20. The highest BCUT2D eigenvalue weighted by Gasteiger charge is 2.52. The third kappa shape index (κ3) is 2.97. The highest BCUT2D eigenvalue weighted by molar-refractivity contribution is 7.99. The molecular formula is C21H18FN5O2S. The zero-order valence-corrected chi connectivity index (χ0v) is 16.9. The number of carbonyl (C=O) groups excluding carboxylic acids is 1. The molecule has 7 nitrogen and oxygen atoms in total. The van der Waals surface area contributed by atoms with Crippen molar-refractivity contribution in [1.29, 1.82) is 0 Å². The maximum absolute atomic E-state index is 14.1. The average Bonchev–Trinajstić information content (AvgIpc) is 2.91. The van der Waals surface area contributed by atoms with Crippen molar-refractivity contribution in [3.63, 3.8) is 0 Å². The van der Waals surface area contributed by atoms with Gasteiger partial charge in [0.15, 0.2) is 5.69 Å². The third-order valence-electron chi connectivity index (χ3n) is 5.04. The van der Waals surface area contributed by atoms with E-state index in [1.165, 1.54) is 30.0 Å². The van der Waals surface area contributed by atoms with Gasteiger partial charge in [-0.15, -0.1) is 10.2 Å². The van der Waals surface area contributed by atoms with Gasteiger partial charge in [0.2, 0.25) is 11.0 Å². The lowest BCUT2D eigenvalue weighted by Gasteiger charge is -2.28. The molecule has 0 radical (unpaired) electrons. The minimum atomic E-state index is -1.67. The molecule has 2 N–H and O–H groups in total. The number of fused-ring (bicyclic) bond motifs is 5. The van der Waals surface area contributed by atoms with Crippen molar-refractivity contribution in [3.8, 4) is 17.1 Å². The van der Waals surface area contributed by atoms with Crippen LogP contribution in [0.25, 0.3) is 11.3 Å². The summed E-state index contributed by atoms with van der Waals surface area (Å²) in [6, 6.07) is 11.5. The fraction of sp³-hybridized carbons (Fsp3) is 0.238. The molecule has 0 bridgehead atoms. The smallest absolute Gasteiger partial charge is 0.295 e. The van der Waals surface area contributed by atoms with Crippen molar-refractivity contribution < 1.29 is 13.9 Å². The first-order valence-corrected chi connectivity index (χ1v) is 10.6. The zero-order chi connectivity index (χ0) is 20.7. The van der Waals surface area contributed by atoms with Gasteiger partial charge in [0.05, 0.1) is 11.3 Å². The van der Waals surface area contributed by atoms with Gasteiger partial charge in [-0.05, 0) is 30.7 Å². The van der Waals surface area contributed by atoms with Crippen molar-refractivity contribution in [1.82, 2.24) is 15.2 Å². The first-order chi connectivity index (χ1) is 14.6. The molecule has 1 spiro atoms. The molecule has 5 rings (SSSR count). The lowest BCUT2D eigenvalue weighted by atomic mass is 10.0. The lowest BCUT2D eigenvalue weighted by Crippen LogP contribution is -2.47. The monoisotopic (exact) mass is 423 g/mol. The Bertz CT molecular complexity index is 1160. The van der Waals surface area contributed by atoms with Crippen LogP contribution in [0.2, 0.25) is 0 Å². The maximum Gasteiger partial charge on any atom is 0.295 e. The molecule has 2 aromatic carbocycles. The molecule has 3 heterocycles. The Labute approximate surface area is 176 Å². The number of amides is 1. The molecule has 0 saturated carbocycles. The van der Waals surface area contributed by atoms with Crippen molar-refractivity contribution in [3.05, 3.63) is 53.8 Å². The summed E-state index contributed by atoms with van der Waals surface area (Å²) in [5.41, 5.74) is 0.911. The molecule has 1 atom stereocenters. The molecule has 2 aliphatic rings. The molecule has 152 valence electrons. The van der Waals surface area contributed by atoms with E-state index in [4.69, 9.17) is 4.74 Å². The van der Waals surface area contributed by atoms with E-state index in [0.717, 1.165) is 18.6 Å². The second-order valence-electron chi connectivity index (χ2n) is 7.05. The van der Waals surface area contributed by atoms with E-state index < -0.39 is 17.4 Å². The lowest BCUT2D eigenvalue weighted by molar-refractivity contribution is -0.128. The number of benzene rings is 2. The normalized spacial score (nSPS) is 18.5. The number of hydrogen-bond donors (Lipinski definition) is 2. The molecule has 0 aliphatic carbocycles. The number of aromatic nitrogens is 3. The van der Waals surface area contributed by atoms with Crippen LogP contribution in [0.5, 0.6) is 5.88 Å². The van der Waals surface area contributed by atoms with Gasteiger partial charge in [-0.25, -0.2) is 4.39 Å². The van der Waals surface area contributed by atoms with Gasteiger partial charge in [-0.3, -0.25) is 4.79 Å². The molecule has 1 amide bonds. The predicted octanol–water partition coefficient (Wildman–Crippen LogP) is 4.18. The highest BCUT2D eigenvalue weighted by atomic mass is 32.2. The number of para-hydroxylation sites is 1. The number of nitrogens with zero attached hydrogens (tertiary/aromatic N) is 3. The molecule has 0 fully saturated rings. The van der Waals surface area contributed by atoms with Crippen LogP contribution in [0.3, 0.4) is 0 Å². The van der Waals surface area contributed by atoms with Crippen LogP contribution in [-0.4, -0.2) is 26.8 Å². The summed E-state index contributed by atoms with van der Waals surface area (Å²) < 4.78 is 20.3. The summed E-state index contributed by atoms with van der Waals surface area (Å²) in [5.74, 6) is 0.105. The molecule has 0 unspecified atom stereocenters. The highest BCUT2D eigenvalue weighted by Crippen LogP contribution is 2.46. The largest absolute Gasteiger partial charge is 0.435 e. The Morgan fingerprint density at radius 3 is 2.90 bits per heavy atom. The summed E-state index contributed by atoms with van der Waals surface area (Å²) in [4.78, 5) is 17.6. The summed E-state index contributed by atoms with van der Waals surface area (Å²) >= 11 is 1.48. The van der Waals surface area contributed by atoms with E-state index in [2.05, 4.69) is 32.7 Å². The van der Waals surface area contributed by atoms with E-state index in [1.807, 2.05) is 24.3 Å². The molecule has 1 aromatic heterocycles. The van der Waals surface area contributed by atoms with Gasteiger partial charge in [0, 0.05) is 17.0 Å². The summed E-state index contributed by atoms with van der Waals surface area (Å²) in [7, 11) is 0. The fourth-order valence-corrected chi connectivity index (χ4v) is 4.40. The molecule has 0 saturated heterocycles. The van der Waals surface area contributed by atoms with Crippen LogP contribution < -0.4 is 15.4 Å². The first kappa shape index (κ1) is 18.8. The minimum absolute atomic E-state index is 0.175. The van der Waals surface area contributed by atoms with Crippen LogP contribution in [0, 0.1) is 5.82 Å². The summed E-state index contributed by atoms with van der Waals surface area (Å²) in [5, 5.41) is 15.0. The Kier molecular flexibility index (Phi) is 4.54. The van der Waals surface area contributed by atoms with Crippen LogP contribution in [0.1, 0.15) is 25.3 Å². The SMILES string of the molecule is CCCCSc1nnc2c(n1)O[C@@]1(Nc3ccccc3-2)C(=O)Nc2ccc(F)cc21. The topological polar surface area (TPSA) is 89.0 Å². The third-order valence-corrected chi connectivity index (χ3v) is 5.96. The van der Waals surface area contributed by atoms with Crippen LogP contribution in [0.15, 0.2) is 47.6 Å². The van der Waals surface area contributed by atoms with Gasteiger partial charge in [0.25, 0.3) is 11.6 Å². The predicted molar refractivity (Wildman–Crippen MR) is 112 cm³/mol. The maximum atomic E-state index is 14.1. The zero-order valence-electron chi connectivity index (χ0n) is 16.1. The number of halogens is 1. The molecular weight excluding hydrogens is 405 g/mol. The Morgan fingerprint density at radius 2 is 2.03 bits per heavy atom. The van der Waals surface area contributed by atoms with Gasteiger partial charge in [-0.2, -0.15) is 4.98 Å². The van der Waals surface area contributed by atoms with E-state index in [0.29, 0.717) is 33.4 Å². The van der Waals surface area contributed by atoms with Crippen molar-refractivity contribution in [2.75, 3.05) is 16.4 Å². The molecule has 9 heteroatoms. The van der Waals surface area contributed by atoms with Crippen molar-refractivity contribution in [2.24, 2.45) is 0 Å². The van der Waals surface area contributed by atoms with Gasteiger partial charge in [0.1, 0.15) is 5.82 Å². The van der Waals surface area contributed by atoms with Gasteiger partial charge < -0.3 is 15.4 Å². The Morgan fingerprint density at radius 1 is 1.17 bits per heavy atom. The van der Waals surface area contributed by atoms with Gasteiger partial charge in [-0.1, -0.05) is 43.3 Å². The number of thioether (sulfide) groups is 1. The summed E-state index contributed by atoms with van der Waals surface area (Å²) in [6.45, 7) is 2.11. The number of unbranched alkanes of at least 4 members (excludes halogenated alkanes) is 1. The van der Waals surface area contributed by atoms with Crippen molar-refractivity contribution >= 4 is 29.0 Å². The van der Waals surface area contributed by atoms with E-state index >= 15 is 0 Å². The van der Waals surface area contributed by atoms with E-state index in [1.54, 1.807) is 0 Å². The van der Waals surface area contributed by atoms with Crippen LogP contribution >= 0.6 is 11.8 Å². The van der Waals surface area contributed by atoms with Crippen LogP contribution in [0.4, 0.5) is 15.8 Å². The Balaban J connectivity index is 1.67. The minimum Gasteiger partial charge on any atom is -0.435 e. The van der Waals surface area contributed by atoms with E-state index in [-0.39, 0.29) is 5.88 Å². The second-order valence-corrected chi connectivity index (χ2v) is 8.11.